The molecule has 0 saturated carbocycles. The minimum atomic E-state index is 0.967. The fraction of sp³-hybridized carbons (Fsp3) is 0.333. The van der Waals surface area contributed by atoms with Crippen LogP contribution in [-0.2, 0) is 5.33 Å². The molecule has 9 heavy (non-hydrogen) atoms. The Balaban J connectivity index is 3.01. The smallest absolute Gasteiger partial charge is 0.0704 e. The summed E-state index contributed by atoms with van der Waals surface area (Å²) < 4.78 is 1.22. The van der Waals surface area contributed by atoms with E-state index in [4.69, 9.17) is 0 Å². The summed E-state index contributed by atoms with van der Waals surface area (Å²) in [6, 6.07) is 2.14. The van der Waals surface area contributed by atoms with Crippen molar-refractivity contribution >= 4 is 43.2 Å². The summed E-state index contributed by atoms with van der Waals surface area (Å²) >= 11 is 8.62. The van der Waals surface area contributed by atoms with E-state index in [-0.39, 0.29) is 0 Å². The van der Waals surface area contributed by atoms with Gasteiger partial charge in [-0.3, -0.25) is 0 Å². The van der Waals surface area contributed by atoms with Crippen molar-refractivity contribution in [2.45, 2.75) is 12.3 Å². The van der Waals surface area contributed by atoms with E-state index in [9.17, 15) is 0 Å². The van der Waals surface area contributed by atoms with Crippen molar-refractivity contribution in [2.24, 2.45) is 0 Å². The molecule has 50 valence electrons. The average Bonchev–Trinajstić information content (AvgIpc) is 2.10. The summed E-state index contributed by atoms with van der Waals surface area (Å²) in [6.07, 6.45) is 0. The quantitative estimate of drug-likeness (QED) is 0.682. The Morgan fingerprint density at radius 1 is 1.67 bits per heavy atom. The van der Waals surface area contributed by atoms with Crippen molar-refractivity contribution in [1.82, 2.24) is 0 Å². The minimum absolute atomic E-state index is 0.967. The Morgan fingerprint density at radius 2 is 2.33 bits per heavy atom. The van der Waals surface area contributed by atoms with Crippen LogP contribution in [-0.4, -0.2) is 0 Å². The zero-order valence-electron chi connectivity index (χ0n) is 4.95. The van der Waals surface area contributed by atoms with Crippen LogP contribution >= 0.6 is 43.2 Å². The maximum atomic E-state index is 3.42. The molecule has 0 spiro atoms. The molecule has 1 aromatic rings. The molecule has 0 aliphatic heterocycles. The van der Waals surface area contributed by atoms with Crippen molar-refractivity contribution in [3.05, 3.63) is 20.3 Å². The zero-order chi connectivity index (χ0) is 6.85. The molecule has 1 rings (SSSR count). The topological polar surface area (TPSA) is 0 Å². The second-order valence-corrected chi connectivity index (χ2v) is 4.87. The lowest BCUT2D eigenvalue weighted by Crippen LogP contribution is -1.69. The highest BCUT2D eigenvalue weighted by atomic mass is 79.9. The van der Waals surface area contributed by atoms with Gasteiger partial charge in [0.1, 0.15) is 0 Å². The third kappa shape index (κ3) is 1.79. The van der Waals surface area contributed by atoms with E-state index in [0.717, 1.165) is 5.33 Å². The van der Waals surface area contributed by atoms with Gasteiger partial charge in [-0.15, -0.1) is 11.3 Å². The van der Waals surface area contributed by atoms with Crippen molar-refractivity contribution < 1.29 is 0 Å². The molecule has 3 heteroatoms. The third-order valence-electron chi connectivity index (χ3n) is 1.11. The number of rotatable bonds is 1. The van der Waals surface area contributed by atoms with E-state index >= 15 is 0 Å². The maximum Gasteiger partial charge on any atom is 0.0704 e. The summed E-state index contributed by atoms with van der Waals surface area (Å²) in [5.41, 5.74) is 1.36. The number of alkyl halides is 1. The highest BCUT2D eigenvalue weighted by Crippen LogP contribution is 2.27. The summed E-state index contributed by atoms with van der Waals surface area (Å²) in [4.78, 5) is 1.40. The second kappa shape index (κ2) is 3.17. The Morgan fingerprint density at radius 3 is 2.56 bits per heavy atom. The van der Waals surface area contributed by atoms with Gasteiger partial charge in [0.25, 0.3) is 0 Å². The van der Waals surface area contributed by atoms with E-state index < -0.39 is 0 Å². The predicted molar refractivity (Wildman–Crippen MR) is 49.4 cm³/mol. The van der Waals surface area contributed by atoms with Crippen LogP contribution in [0.4, 0.5) is 0 Å². The lowest BCUT2D eigenvalue weighted by molar-refractivity contribution is 1.42. The third-order valence-corrected chi connectivity index (χ3v) is 3.78. The van der Waals surface area contributed by atoms with Gasteiger partial charge in [0.05, 0.1) is 3.79 Å². The van der Waals surface area contributed by atoms with Gasteiger partial charge < -0.3 is 0 Å². The van der Waals surface area contributed by atoms with Gasteiger partial charge in [-0.2, -0.15) is 0 Å². The van der Waals surface area contributed by atoms with E-state index in [2.05, 4.69) is 44.8 Å². The first kappa shape index (κ1) is 7.76. The molecule has 0 saturated heterocycles. The fourth-order valence-corrected chi connectivity index (χ4v) is 3.07. The SMILES string of the molecule is Cc1cc(Br)sc1CBr. The first-order valence-electron chi connectivity index (χ1n) is 2.55. The molecule has 0 nitrogen and oxygen atoms in total. The van der Waals surface area contributed by atoms with Crippen molar-refractivity contribution in [1.29, 1.82) is 0 Å². The minimum Gasteiger partial charge on any atom is -0.132 e. The lowest BCUT2D eigenvalue weighted by atomic mass is 10.3. The normalized spacial score (nSPS) is 10.1. The number of thiophene rings is 1. The predicted octanol–water partition coefficient (Wildman–Crippen LogP) is 3.71. The molecule has 0 aromatic carbocycles. The molecular weight excluding hydrogens is 264 g/mol. The fourth-order valence-electron chi connectivity index (χ4n) is 0.611. The summed E-state index contributed by atoms with van der Waals surface area (Å²) in [7, 11) is 0. The zero-order valence-corrected chi connectivity index (χ0v) is 8.94. The lowest BCUT2D eigenvalue weighted by Gasteiger charge is -1.86. The molecule has 0 aliphatic rings. The Bertz CT molecular complexity index is 205. The van der Waals surface area contributed by atoms with Crippen LogP contribution in [0.1, 0.15) is 10.4 Å². The molecule has 0 bridgehead atoms. The van der Waals surface area contributed by atoms with Crippen LogP contribution in [0, 0.1) is 6.92 Å². The molecule has 0 aliphatic carbocycles. The molecule has 1 heterocycles. The summed E-state index contributed by atoms with van der Waals surface area (Å²) in [6.45, 7) is 2.12. The molecule has 0 fully saturated rings. The summed E-state index contributed by atoms with van der Waals surface area (Å²) in [5, 5.41) is 0.967. The molecule has 0 N–H and O–H groups in total. The second-order valence-electron chi connectivity index (χ2n) is 1.79. The van der Waals surface area contributed by atoms with E-state index in [1.165, 1.54) is 14.2 Å². The number of hydrogen-bond donors (Lipinski definition) is 0. The number of aryl methyl sites for hydroxylation is 1. The molecule has 0 amide bonds. The van der Waals surface area contributed by atoms with Crippen LogP contribution in [0.5, 0.6) is 0 Å². The number of halogens is 2. The van der Waals surface area contributed by atoms with Crippen LogP contribution in [0.2, 0.25) is 0 Å². The summed E-state index contributed by atoms with van der Waals surface area (Å²) in [5.74, 6) is 0. The van der Waals surface area contributed by atoms with Crippen LogP contribution in [0.3, 0.4) is 0 Å². The number of hydrogen-bond acceptors (Lipinski definition) is 1. The van der Waals surface area contributed by atoms with Crippen molar-refractivity contribution in [2.75, 3.05) is 0 Å². The highest BCUT2D eigenvalue weighted by molar-refractivity contribution is 9.11. The maximum absolute atomic E-state index is 3.42. The van der Waals surface area contributed by atoms with Crippen molar-refractivity contribution in [3.8, 4) is 0 Å². The van der Waals surface area contributed by atoms with Gasteiger partial charge in [0, 0.05) is 10.2 Å². The standard InChI is InChI=1S/C6H6Br2S/c1-4-2-6(8)9-5(4)3-7/h2H,3H2,1H3. The van der Waals surface area contributed by atoms with E-state index in [1.807, 2.05) is 0 Å². The van der Waals surface area contributed by atoms with Gasteiger partial charge in [-0.25, -0.2) is 0 Å². The van der Waals surface area contributed by atoms with E-state index in [0.29, 0.717) is 0 Å². The van der Waals surface area contributed by atoms with Gasteiger partial charge in [-0.1, -0.05) is 15.9 Å². The largest absolute Gasteiger partial charge is 0.132 e. The molecule has 0 radical (unpaired) electrons. The molecule has 0 unspecified atom stereocenters. The monoisotopic (exact) mass is 268 g/mol. The Kier molecular flexibility index (Phi) is 2.73. The van der Waals surface area contributed by atoms with Gasteiger partial charge in [-0.05, 0) is 34.5 Å². The Labute approximate surface area is 75.5 Å². The highest BCUT2D eigenvalue weighted by Gasteiger charge is 1.99. The van der Waals surface area contributed by atoms with Gasteiger partial charge in [0.2, 0.25) is 0 Å². The first-order valence-corrected chi connectivity index (χ1v) is 5.28. The van der Waals surface area contributed by atoms with Crippen LogP contribution in [0.25, 0.3) is 0 Å². The molecular formula is C6H6Br2S. The molecule has 1 aromatic heterocycles. The van der Waals surface area contributed by atoms with Gasteiger partial charge >= 0.3 is 0 Å². The van der Waals surface area contributed by atoms with E-state index in [1.54, 1.807) is 11.3 Å². The average molecular weight is 270 g/mol. The van der Waals surface area contributed by atoms with Gasteiger partial charge in [0.15, 0.2) is 0 Å². The van der Waals surface area contributed by atoms with Crippen LogP contribution in [0.15, 0.2) is 9.85 Å². The first-order chi connectivity index (χ1) is 4.24. The Hall–Kier alpha value is 0.660. The van der Waals surface area contributed by atoms with Crippen LogP contribution < -0.4 is 0 Å². The molecule has 0 atom stereocenters. The van der Waals surface area contributed by atoms with Crippen molar-refractivity contribution in [3.63, 3.8) is 0 Å².